The lowest BCUT2D eigenvalue weighted by Crippen LogP contribution is -2.49. The summed E-state index contributed by atoms with van der Waals surface area (Å²) in [6.45, 7) is 12.2. The Balaban J connectivity index is 1.29. The third-order valence-electron chi connectivity index (χ3n) is 8.18. The van der Waals surface area contributed by atoms with Crippen LogP contribution in [0.5, 0.6) is 5.75 Å². The monoisotopic (exact) mass is 481 g/mol. The predicted molar refractivity (Wildman–Crippen MR) is 135 cm³/mol. The standard InChI is InChI=1S/C28H36FN3O3/c1-18(22-17-27(2,3)32(33)28(22,4)5)34-24-9-7-6-8-23(24)31-14-12-19(13-15-31)26-21-11-10-20(29)16-25(21)35-30-26/h6-11,16,18-19,22,33H,12-15,17H2,1-5H3. The fourth-order valence-electron chi connectivity index (χ4n) is 6.27. The van der Waals surface area contributed by atoms with Gasteiger partial charge in [0.05, 0.1) is 11.4 Å². The molecule has 2 aliphatic heterocycles. The Morgan fingerprint density at radius 2 is 1.83 bits per heavy atom. The maximum absolute atomic E-state index is 13.5. The van der Waals surface area contributed by atoms with E-state index in [0.717, 1.165) is 54.9 Å². The maximum Gasteiger partial charge on any atom is 0.170 e. The van der Waals surface area contributed by atoms with Gasteiger partial charge in [-0.3, -0.25) is 0 Å². The summed E-state index contributed by atoms with van der Waals surface area (Å²) in [5.41, 5.74) is 1.87. The van der Waals surface area contributed by atoms with Gasteiger partial charge in [0.25, 0.3) is 0 Å². The fraction of sp³-hybridized carbons (Fsp3) is 0.536. The first-order valence-electron chi connectivity index (χ1n) is 12.6. The molecule has 188 valence electrons. The highest BCUT2D eigenvalue weighted by Crippen LogP contribution is 2.46. The number of halogens is 1. The normalized spacial score (nSPS) is 23.6. The van der Waals surface area contributed by atoms with Crippen molar-refractivity contribution in [1.82, 2.24) is 10.2 Å². The molecule has 3 aromatic rings. The fourth-order valence-corrected chi connectivity index (χ4v) is 6.27. The summed E-state index contributed by atoms with van der Waals surface area (Å²) in [4.78, 5) is 2.38. The Morgan fingerprint density at radius 1 is 1.11 bits per heavy atom. The summed E-state index contributed by atoms with van der Waals surface area (Å²) in [6, 6.07) is 12.9. The maximum atomic E-state index is 13.5. The Morgan fingerprint density at radius 3 is 2.51 bits per heavy atom. The van der Waals surface area contributed by atoms with E-state index in [-0.39, 0.29) is 34.8 Å². The quantitative estimate of drug-likeness (QED) is 0.456. The molecule has 3 heterocycles. The number of hydrogen-bond donors (Lipinski definition) is 1. The number of rotatable bonds is 5. The predicted octanol–water partition coefficient (Wildman–Crippen LogP) is 6.39. The molecule has 2 fully saturated rings. The molecule has 2 aromatic carbocycles. The minimum Gasteiger partial charge on any atom is -0.488 e. The molecule has 5 rings (SSSR count). The lowest BCUT2D eigenvalue weighted by molar-refractivity contribution is -0.199. The van der Waals surface area contributed by atoms with Gasteiger partial charge in [-0.25, -0.2) is 4.39 Å². The molecule has 0 amide bonds. The zero-order valence-electron chi connectivity index (χ0n) is 21.3. The molecule has 0 spiro atoms. The topological polar surface area (TPSA) is 62.0 Å². The lowest BCUT2D eigenvalue weighted by atomic mass is 9.83. The Hall–Kier alpha value is -2.64. The van der Waals surface area contributed by atoms with E-state index in [2.05, 4.69) is 56.8 Å². The molecule has 2 saturated heterocycles. The number of hydroxylamine groups is 2. The van der Waals surface area contributed by atoms with E-state index in [1.165, 1.54) is 17.2 Å². The molecule has 0 radical (unpaired) electrons. The smallest absolute Gasteiger partial charge is 0.170 e. The summed E-state index contributed by atoms with van der Waals surface area (Å²) in [5, 5.41) is 17.4. The van der Waals surface area contributed by atoms with E-state index in [9.17, 15) is 9.60 Å². The van der Waals surface area contributed by atoms with E-state index in [0.29, 0.717) is 5.58 Å². The zero-order valence-corrected chi connectivity index (χ0v) is 21.3. The molecule has 1 aromatic heterocycles. The van der Waals surface area contributed by atoms with Gasteiger partial charge in [-0.2, -0.15) is 5.06 Å². The second kappa shape index (κ2) is 8.79. The SMILES string of the molecule is CC(Oc1ccccc1N1CCC(c2noc3cc(F)ccc23)CC1)C1CC(C)(C)N(O)C1(C)C. The largest absolute Gasteiger partial charge is 0.488 e. The van der Waals surface area contributed by atoms with Gasteiger partial charge in [-0.1, -0.05) is 17.3 Å². The number of ether oxygens (including phenoxy) is 1. The van der Waals surface area contributed by atoms with Crippen molar-refractivity contribution in [2.75, 3.05) is 18.0 Å². The lowest BCUT2D eigenvalue weighted by Gasteiger charge is -2.38. The first-order chi connectivity index (χ1) is 16.6. The van der Waals surface area contributed by atoms with Crippen LogP contribution in [-0.4, -0.2) is 45.7 Å². The van der Waals surface area contributed by atoms with Crippen molar-refractivity contribution in [3.8, 4) is 5.75 Å². The van der Waals surface area contributed by atoms with Crippen molar-refractivity contribution in [3.05, 3.63) is 54.0 Å². The van der Waals surface area contributed by atoms with Gasteiger partial charge in [0.2, 0.25) is 0 Å². The van der Waals surface area contributed by atoms with Gasteiger partial charge in [0.1, 0.15) is 17.7 Å². The van der Waals surface area contributed by atoms with Gasteiger partial charge in [0.15, 0.2) is 5.58 Å². The highest BCUT2D eigenvalue weighted by atomic mass is 19.1. The molecule has 0 bridgehead atoms. The second-order valence-electron chi connectivity index (χ2n) is 11.3. The van der Waals surface area contributed by atoms with Crippen LogP contribution >= 0.6 is 0 Å². The Bertz CT molecular complexity index is 1200. The molecule has 7 heteroatoms. The minimum atomic E-state index is -0.376. The van der Waals surface area contributed by atoms with Crippen LogP contribution < -0.4 is 9.64 Å². The van der Waals surface area contributed by atoms with Crippen LogP contribution in [0.3, 0.4) is 0 Å². The number of hydrogen-bond acceptors (Lipinski definition) is 6. The summed E-state index contributed by atoms with van der Waals surface area (Å²) in [5.74, 6) is 1.04. The number of piperidine rings is 1. The molecule has 6 nitrogen and oxygen atoms in total. The average molecular weight is 482 g/mol. The van der Waals surface area contributed by atoms with Gasteiger partial charge < -0.3 is 19.4 Å². The van der Waals surface area contributed by atoms with Crippen LogP contribution in [0.15, 0.2) is 47.0 Å². The molecule has 0 saturated carbocycles. The third kappa shape index (κ3) is 4.29. The van der Waals surface area contributed by atoms with Crippen molar-refractivity contribution < 1.29 is 18.9 Å². The third-order valence-corrected chi connectivity index (χ3v) is 8.18. The average Bonchev–Trinajstić information content (AvgIpc) is 3.31. The van der Waals surface area contributed by atoms with Gasteiger partial charge in [0, 0.05) is 47.5 Å². The number of aromatic nitrogens is 1. The van der Waals surface area contributed by atoms with E-state index in [1.54, 1.807) is 6.07 Å². The van der Waals surface area contributed by atoms with Crippen LogP contribution in [0.2, 0.25) is 0 Å². The highest BCUT2D eigenvalue weighted by Gasteiger charge is 2.53. The molecule has 2 aliphatic rings. The van der Waals surface area contributed by atoms with Crippen LogP contribution in [0.1, 0.15) is 65.5 Å². The van der Waals surface area contributed by atoms with Crippen LogP contribution in [0.4, 0.5) is 10.1 Å². The molecule has 35 heavy (non-hydrogen) atoms. The number of fused-ring (bicyclic) bond motifs is 1. The second-order valence-corrected chi connectivity index (χ2v) is 11.3. The Labute approximate surface area is 206 Å². The van der Waals surface area contributed by atoms with Crippen molar-refractivity contribution >= 4 is 16.7 Å². The number of nitrogens with zero attached hydrogens (tertiary/aromatic N) is 3. The summed E-state index contributed by atoms with van der Waals surface area (Å²) in [6.07, 6.45) is 2.68. The van der Waals surface area contributed by atoms with Crippen molar-refractivity contribution in [1.29, 1.82) is 0 Å². The zero-order chi connectivity index (χ0) is 25.0. The Kier molecular flexibility index (Phi) is 6.04. The van der Waals surface area contributed by atoms with Crippen LogP contribution in [-0.2, 0) is 0 Å². The molecule has 2 atom stereocenters. The van der Waals surface area contributed by atoms with Crippen molar-refractivity contribution in [2.24, 2.45) is 5.92 Å². The summed E-state index contributed by atoms with van der Waals surface area (Å²) >= 11 is 0. The number of para-hydroxylation sites is 2. The van der Waals surface area contributed by atoms with Gasteiger partial charge in [-0.05, 0) is 78.1 Å². The number of anilines is 1. The van der Waals surface area contributed by atoms with E-state index in [4.69, 9.17) is 9.26 Å². The first kappa shape index (κ1) is 24.1. The summed E-state index contributed by atoms with van der Waals surface area (Å²) < 4.78 is 25.5. The molecule has 1 N–H and O–H groups in total. The highest BCUT2D eigenvalue weighted by molar-refractivity contribution is 5.80. The molecule has 2 unspecified atom stereocenters. The van der Waals surface area contributed by atoms with Gasteiger partial charge >= 0.3 is 0 Å². The van der Waals surface area contributed by atoms with Crippen LogP contribution in [0, 0.1) is 11.7 Å². The van der Waals surface area contributed by atoms with E-state index < -0.39 is 0 Å². The van der Waals surface area contributed by atoms with E-state index in [1.807, 2.05) is 12.1 Å². The van der Waals surface area contributed by atoms with E-state index >= 15 is 0 Å². The van der Waals surface area contributed by atoms with Crippen molar-refractivity contribution in [2.45, 2.75) is 77.0 Å². The molecule has 0 aliphatic carbocycles. The minimum absolute atomic E-state index is 0.0537. The number of benzene rings is 2. The molecular weight excluding hydrogens is 445 g/mol. The first-order valence-corrected chi connectivity index (χ1v) is 12.6. The van der Waals surface area contributed by atoms with Gasteiger partial charge in [-0.15, -0.1) is 0 Å². The summed E-state index contributed by atoms with van der Waals surface area (Å²) in [7, 11) is 0. The molecular formula is C28H36FN3O3. The van der Waals surface area contributed by atoms with Crippen LogP contribution in [0.25, 0.3) is 11.0 Å². The van der Waals surface area contributed by atoms with Crippen molar-refractivity contribution in [3.63, 3.8) is 0 Å².